The highest BCUT2D eigenvalue weighted by Crippen LogP contribution is 2.35. The molecule has 2 aromatic carbocycles. The zero-order valence-corrected chi connectivity index (χ0v) is 21.6. The average Bonchev–Trinajstić information content (AvgIpc) is 3.19. The van der Waals surface area contributed by atoms with E-state index in [1.165, 1.54) is 0 Å². The van der Waals surface area contributed by atoms with E-state index in [-0.39, 0.29) is 19.1 Å². The number of rotatable bonds is 8. The molecule has 0 fully saturated rings. The molecule has 8 heteroatoms. The van der Waals surface area contributed by atoms with Crippen LogP contribution >= 0.6 is 0 Å². The molecule has 1 atom stereocenters. The molecule has 1 aliphatic heterocycles. The summed E-state index contributed by atoms with van der Waals surface area (Å²) >= 11 is 0. The van der Waals surface area contributed by atoms with Crippen LogP contribution in [0.3, 0.4) is 0 Å². The van der Waals surface area contributed by atoms with Gasteiger partial charge in [0.2, 0.25) is 0 Å². The summed E-state index contributed by atoms with van der Waals surface area (Å²) in [6.45, 7) is 7.96. The minimum atomic E-state index is -4.23. The topological polar surface area (TPSA) is 47.7 Å². The van der Waals surface area contributed by atoms with Gasteiger partial charge >= 0.3 is 6.18 Å². The van der Waals surface area contributed by atoms with Crippen LogP contribution in [0.5, 0.6) is 0 Å². The van der Waals surface area contributed by atoms with E-state index in [1.54, 1.807) is 13.2 Å². The molecule has 4 rings (SSSR count). The molecule has 0 radical (unpaired) electrons. The van der Waals surface area contributed by atoms with Crippen molar-refractivity contribution in [3.63, 3.8) is 0 Å². The Balaban J connectivity index is 1.58. The zero-order chi connectivity index (χ0) is 26.7. The Hall–Kier alpha value is -3.68. The summed E-state index contributed by atoms with van der Waals surface area (Å²) in [5.41, 5.74) is 4.95. The third kappa shape index (κ3) is 5.84. The lowest BCUT2D eigenvalue weighted by Crippen LogP contribution is -2.37. The van der Waals surface area contributed by atoms with Crippen molar-refractivity contribution in [2.75, 3.05) is 12.0 Å². The first kappa shape index (κ1) is 26.4. The predicted octanol–water partition coefficient (Wildman–Crippen LogP) is 7.64. The van der Waals surface area contributed by atoms with Crippen LogP contribution in [-0.4, -0.2) is 24.5 Å². The van der Waals surface area contributed by atoms with E-state index in [1.807, 2.05) is 81.1 Å². The Labute approximate surface area is 215 Å². The number of halogens is 3. The number of benzene rings is 2. The van der Waals surface area contributed by atoms with Gasteiger partial charge in [-0.15, -0.1) is 0 Å². The van der Waals surface area contributed by atoms with Gasteiger partial charge in [-0.3, -0.25) is 0 Å². The van der Waals surface area contributed by atoms with Crippen LogP contribution in [0.1, 0.15) is 42.7 Å². The third-order valence-electron chi connectivity index (χ3n) is 6.64. The van der Waals surface area contributed by atoms with Crippen molar-refractivity contribution >= 4 is 5.82 Å². The van der Waals surface area contributed by atoms with Crippen LogP contribution in [0.15, 0.2) is 76.3 Å². The van der Waals surface area contributed by atoms with Crippen molar-refractivity contribution in [3.8, 4) is 11.1 Å². The first-order valence-corrected chi connectivity index (χ1v) is 12.1. The number of hydrogen-bond donors (Lipinski definition) is 0. The minimum absolute atomic E-state index is 0.102. The van der Waals surface area contributed by atoms with Gasteiger partial charge in [0.05, 0.1) is 13.2 Å². The van der Waals surface area contributed by atoms with Crippen LogP contribution in [0.25, 0.3) is 11.1 Å². The molecule has 5 nitrogen and oxygen atoms in total. The van der Waals surface area contributed by atoms with Gasteiger partial charge in [0.15, 0.2) is 17.3 Å². The molecule has 0 spiro atoms. The monoisotopic (exact) mass is 512 g/mol. The van der Waals surface area contributed by atoms with E-state index in [9.17, 15) is 13.2 Å². The van der Waals surface area contributed by atoms with Gasteiger partial charge in [0.25, 0.3) is 0 Å². The van der Waals surface area contributed by atoms with Gasteiger partial charge in [-0.1, -0.05) is 53.7 Å². The zero-order valence-electron chi connectivity index (χ0n) is 21.6. The molecular weight excluding hydrogens is 481 g/mol. The average molecular weight is 513 g/mol. The summed E-state index contributed by atoms with van der Waals surface area (Å²) in [6, 6.07) is 14.8. The van der Waals surface area contributed by atoms with E-state index >= 15 is 0 Å². The number of alkyl halides is 3. The number of methoxy groups -OCH3 is 1. The van der Waals surface area contributed by atoms with E-state index in [2.05, 4.69) is 5.16 Å². The lowest BCUT2D eigenvalue weighted by atomic mass is 9.94. The standard InChI is InChI=1S/C29H31F3N2O3/c1-18-15-26(27(35-5)20(3)34(18)28-19(2)21(4)37-33-28)36-17-22-11-12-25(23-9-7-6-8-10-23)24(16-22)13-14-29(30,31)32/h6-12,15-16,20H,13-14,17H2,1-5H3. The minimum Gasteiger partial charge on any atom is -0.495 e. The molecule has 1 unspecified atom stereocenters. The number of aryl methyl sites for hydroxylation is 2. The molecule has 0 aliphatic carbocycles. The molecular formula is C29H31F3N2O3. The summed E-state index contributed by atoms with van der Waals surface area (Å²) in [5.74, 6) is 2.67. The number of allylic oxidation sites excluding steroid dienone is 2. The Morgan fingerprint density at radius 3 is 2.41 bits per heavy atom. The second kappa shape index (κ2) is 10.7. The largest absolute Gasteiger partial charge is 0.495 e. The van der Waals surface area contributed by atoms with E-state index in [0.29, 0.717) is 17.1 Å². The fourth-order valence-corrected chi connectivity index (χ4v) is 4.60. The van der Waals surface area contributed by atoms with Crippen LogP contribution in [-0.2, 0) is 22.5 Å². The molecule has 0 N–H and O–H groups in total. The van der Waals surface area contributed by atoms with Gasteiger partial charge in [-0.25, -0.2) is 0 Å². The van der Waals surface area contributed by atoms with Crippen molar-refractivity contribution in [1.29, 1.82) is 0 Å². The number of anilines is 1. The van der Waals surface area contributed by atoms with Gasteiger partial charge in [-0.05, 0) is 56.4 Å². The van der Waals surface area contributed by atoms with Gasteiger partial charge in [-0.2, -0.15) is 13.2 Å². The second-order valence-corrected chi connectivity index (χ2v) is 9.21. The van der Waals surface area contributed by atoms with Crippen molar-refractivity contribution in [2.45, 2.75) is 59.4 Å². The molecule has 0 bridgehead atoms. The fraction of sp³-hybridized carbons (Fsp3) is 0.345. The van der Waals surface area contributed by atoms with Crippen LogP contribution < -0.4 is 4.90 Å². The lowest BCUT2D eigenvalue weighted by molar-refractivity contribution is -0.133. The molecule has 0 saturated heterocycles. The van der Waals surface area contributed by atoms with E-state index < -0.39 is 12.6 Å². The van der Waals surface area contributed by atoms with Gasteiger partial charge in [0.1, 0.15) is 12.4 Å². The normalized spacial score (nSPS) is 16.2. The smallest absolute Gasteiger partial charge is 0.389 e. The highest BCUT2D eigenvalue weighted by atomic mass is 19.4. The molecule has 2 heterocycles. The molecule has 37 heavy (non-hydrogen) atoms. The molecule has 0 amide bonds. The summed E-state index contributed by atoms with van der Waals surface area (Å²) in [7, 11) is 1.59. The van der Waals surface area contributed by atoms with Crippen molar-refractivity contribution < 1.29 is 27.2 Å². The maximum atomic E-state index is 13.0. The van der Waals surface area contributed by atoms with E-state index in [4.69, 9.17) is 14.0 Å². The maximum absolute atomic E-state index is 13.0. The van der Waals surface area contributed by atoms with E-state index in [0.717, 1.165) is 39.5 Å². The highest BCUT2D eigenvalue weighted by Gasteiger charge is 2.32. The van der Waals surface area contributed by atoms with Gasteiger partial charge < -0.3 is 18.9 Å². The number of ether oxygens (including phenoxy) is 2. The van der Waals surface area contributed by atoms with Crippen molar-refractivity contribution in [2.24, 2.45) is 0 Å². The lowest BCUT2D eigenvalue weighted by Gasteiger charge is -2.35. The summed E-state index contributed by atoms with van der Waals surface area (Å²) < 4.78 is 56.4. The van der Waals surface area contributed by atoms with Crippen molar-refractivity contribution in [1.82, 2.24) is 5.16 Å². The predicted molar refractivity (Wildman–Crippen MR) is 137 cm³/mol. The molecule has 196 valence electrons. The Kier molecular flexibility index (Phi) is 7.66. The fourth-order valence-electron chi connectivity index (χ4n) is 4.60. The first-order chi connectivity index (χ1) is 17.6. The first-order valence-electron chi connectivity index (χ1n) is 12.1. The molecule has 1 aliphatic rings. The second-order valence-electron chi connectivity index (χ2n) is 9.21. The Morgan fingerprint density at radius 2 is 1.78 bits per heavy atom. The Morgan fingerprint density at radius 1 is 1.05 bits per heavy atom. The molecule has 1 aromatic heterocycles. The SMILES string of the molecule is COC1=C(OCc2ccc(-c3ccccc3)c(CCC(F)(F)F)c2)C=C(C)N(c2noc(C)c2C)C1C. The summed E-state index contributed by atoms with van der Waals surface area (Å²) in [5, 5.41) is 4.22. The Bertz CT molecular complexity index is 1310. The summed E-state index contributed by atoms with van der Waals surface area (Å²) in [4.78, 5) is 2.03. The molecule has 0 saturated carbocycles. The highest BCUT2D eigenvalue weighted by molar-refractivity contribution is 5.68. The van der Waals surface area contributed by atoms with Crippen molar-refractivity contribution in [3.05, 3.63) is 94.3 Å². The number of hydrogen-bond acceptors (Lipinski definition) is 5. The van der Waals surface area contributed by atoms with Crippen LogP contribution in [0, 0.1) is 13.8 Å². The molecule has 3 aromatic rings. The van der Waals surface area contributed by atoms with Crippen LogP contribution in [0.2, 0.25) is 0 Å². The quantitative estimate of drug-likeness (QED) is 0.310. The summed E-state index contributed by atoms with van der Waals surface area (Å²) in [6.07, 6.45) is -3.33. The van der Waals surface area contributed by atoms with Crippen LogP contribution in [0.4, 0.5) is 19.0 Å². The number of aromatic nitrogens is 1. The third-order valence-corrected chi connectivity index (χ3v) is 6.64. The number of nitrogens with zero attached hydrogens (tertiary/aromatic N) is 2. The van der Waals surface area contributed by atoms with Gasteiger partial charge in [0, 0.05) is 23.8 Å². The maximum Gasteiger partial charge on any atom is 0.389 e.